The number of amides is 1. The molecule has 1 N–H and O–H groups in total. The van der Waals surface area contributed by atoms with E-state index < -0.39 is 17.7 Å². The van der Waals surface area contributed by atoms with Crippen molar-refractivity contribution < 1.29 is 19.4 Å². The SMILES string of the molecule is COc1ccc(/C(O)=C2\C(=O)C(=O)N(CCCN(C)C)[C@@H]2c2ccc(C(C)(C)C)cc2)cc1C. The van der Waals surface area contributed by atoms with Crippen molar-refractivity contribution >= 4 is 17.4 Å². The second kappa shape index (κ2) is 10.0. The number of hydrogen-bond donors (Lipinski definition) is 1. The molecule has 1 atom stereocenters. The van der Waals surface area contributed by atoms with Crippen molar-refractivity contribution in [2.24, 2.45) is 0 Å². The van der Waals surface area contributed by atoms with Crippen LogP contribution in [0.15, 0.2) is 48.0 Å². The lowest BCUT2D eigenvalue weighted by Crippen LogP contribution is -2.32. The van der Waals surface area contributed by atoms with E-state index >= 15 is 0 Å². The molecule has 0 spiro atoms. The Bertz CT molecular complexity index is 1090. The van der Waals surface area contributed by atoms with Gasteiger partial charge in [0.1, 0.15) is 11.5 Å². The molecule has 2 aromatic rings. The zero-order chi connectivity index (χ0) is 25.2. The van der Waals surface area contributed by atoms with Gasteiger partial charge in [-0.3, -0.25) is 9.59 Å². The summed E-state index contributed by atoms with van der Waals surface area (Å²) >= 11 is 0. The Labute approximate surface area is 202 Å². The Morgan fingerprint density at radius 2 is 1.74 bits per heavy atom. The van der Waals surface area contributed by atoms with E-state index in [0.29, 0.717) is 17.9 Å². The van der Waals surface area contributed by atoms with Crippen LogP contribution in [-0.4, -0.2) is 60.9 Å². The van der Waals surface area contributed by atoms with Crippen molar-refractivity contribution in [3.05, 3.63) is 70.3 Å². The van der Waals surface area contributed by atoms with Crippen molar-refractivity contribution in [3.8, 4) is 5.75 Å². The highest BCUT2D eigenvalue weighted by Gasteiger charge is 2.45. The molecule has 0 radical (unpaired) electrons. The summed E-state index contributed by atoms with van der Waals surface area (Å²) in [6, 6.07) is 12.6. The zero-order valence-corrected chi connectivity index (χ0v) is 21.3. The smallest absolute Gasteiger partial charge is 0.295 e. The van der Waals surface area contributed by atoms with Crippen molar-refractivity contribution in [2.45, 2.75) is 45.6 Å². The number of aliphatic hydroxyl groups is 1. The first kappa shape index (κ1) is 25.5. The highest BCUT2D eigenvalue weighted by molar-refractivity contribution is 6.46. The highest BCUT2D eigenvalue weighted by atomic mass is 16.5. The van der Waals surface area contributed by atoms with Gasteiger partial charge in [0, 0.05) is 12.1 Å². The minimum Gasteiger partial charge on any atom is -0.507 e. The van der Waals surface area contributed by atoms with E-state index in [9.17, 15) is 14.7 Å². The van der Waals surface area contributed by atoms with Crippen LogP contribution in [-0.2, 0) is 15.0 Å². The molecule has 6 nitrogen and oxygen atoms in total. The summed E-state index contributed by atoms with van der Waals surface area (Å²) in [5, 5.41) is 11.3. The van der Waals surface area contributed by atoms with Crippen LogP contribution in [0, 0.1) is 6.92 Å². The molecule has 0 aromatic heterocycles. The summed E-state index contributed by atoms with van der Waals surface area (Å²) in [5.74, 6) is -0.699. The fraction of sp³-hybridized carbons (Fsp3) is 0.429. The van der Waals surface area contributed by atoms with Crippen LogP contribution in [0.4, 0.5) is 0 Å². The molecule has 6 heteroatoms. The first-order valence-electron chi connectivity index (χ1n) is 11.6. The molecule has 1 aliphatic rings. The standard InChI is InChI=1S/C28H36N2O4/c1-18-17-20(11-14-22(18)34-7)25(31)23-24(19-9-12-21(13-10-19)28(2,3)4)30(27(33)26(23)32)16-8-15-29(5)6/h9-14,17,24,31H,8,15-16H2,1-7H3/b25-23+/t24-/m1/s1. The Morgan fingerprint density at radius 1 is 1.09 bits per heavy atom. The fourth-order valence-electron chi connectivity index (χ4n) is 4.36. The molecule has 0 aliphatic carbocycles. The number of carbonyl (C=O) groups excluding carboxylic acids is 2. The van der Waals surface area contributed by atoms with Gasteiger partial charge in [-0.05, 0) is 74.3 Å². The third-order valence-electron chi connectivity index (χ3n) is 6.31. The Morgan fingerprint density at radius 3 is 2.26 bits per heavy atom. The molecule has 3 rings (SSSR count). The molecule has 2 aromatic carbocycles. The fourth-order valence-corrected chi connectivity index (χ4v) is 4.36. The maximum Gasteiger partial charge on any atom is 0.295 e. The highest BCUT2D eigenvalue weighted by Crippen LogP contribution is 2.40. The van der Waals surface area contributed by atoms with Crippen LogP contribution in [0.5, 0.6) is 5.75 Å². The van der Waals surface area contributed by atoms with Crippen LogP contribution in [0.3, 0.4) is 0 Å². The number of ether oxygens (including phenoxy) is 1. The van der Waals surface area contributed by atoms with Gasteiger partial charge in [-0.2, -0.15) is 0 Å². The van der Waals surface area contributed by atoms with Crippen molar-refractivity contribution in [1.82, 2.24) is 9.80 Å². The Hall–Kier alpha value is -3.12. The second-order valence-electron chi connectivity index (χ2n) is 10.2. The van der Waals surface area contributed by atoms with Gasteiger partial charge in [0.15, 0.2) is 0 Å². The molecule has 1 saturated heterocycles. The van der Waals surface area contributed by atoms with Gasteiger partial charge in [-0.1, -0.05) is 45.0 Å². The molecule has 182 valence electrons. The number of aliphatic hydroxyl groups excluding tert-OH is 1. The van der Waals surface area contributed by atoms with E-state index in [1.165, 1.54) is 0 Å². The minimum atomic E-state index is -0.652. The quantitative estimate of drug-likeness (QED) is 0.366. The normalized spacial score (nSPS) is 18.1. The van der Waals surface area contributed by atoms with E-state index in [0.717, 1.165) is 29.7 Å². The van der Waals surface area contributed by atoms with Gasteiger partial charge in [-0.25, -0.2) is 0 Å². The third-order valence-corrected chi connectivity index (χ3v) is 6.31. The van der Waals surface area contributed by atoms with Gasteiger partial charge in [0.2, 0.25) is 0 Å². The average Bonchev–Trinajstić information content (AvgIpc) is 3.02. The summed E-state index contributed by atoms with van der Waals surface area (Å²) in [6.07, 6.45) is 0.721. The second-order valence-corrected chi connectivity index (χ2v) is 10.2. The lowest BCUT2D eigenvalue weighted by molar-refractivity contribution is -0.139. The number of hydrogen-bond acceptors (Lipinski definition) is 5. The number of benzene rings is 2. The number of ketones is 1. The topological polar surface area (TPSA) is 70.1 Å². The predicted octanol–water partition coefficient (Wildman–Crippen LogP) is 4.67. The minimum absolute atomic E-state index is 0.0212. The van der Waals surface area contributed by atoms with Gasteiger partial charge >= 0.3 is 0 Å². The molecule has 1 aliphatic heterocycles. The Balaban J connectivity index is 2.11. The maximum absolute atomic E-state index is 13.2. The van der Waals surface area contributed by atoms with E-state index in [4.69, 9.17) is 4.74 Å². The molecule has 1 fully saturated rings. The van der Waals surface area contributed by atoms with Crippen LogP contribution in [0.25, 0.3) is 5.76 Å². The summed E-state index contributed by atoms with van der Waals surface area (Å²) in [6.45, 7) is 9.51. The first-order chi connectivity index (χ1) is 16.0. The number of aryl methyl sites for hydroxylation is 1. The zero-order valence-electron chi connectivity index (χ0n) is 21.3. The Kier molecular flexibility index (Phi) is 7.51. The molecule has 0 bridgehead atoms. The van der Waals surface area contributed by atoms with Gasteiger partial charge < -0.3 is 19.6 Å². The summed E-state index contributed by atoms with van der Waals surface area (Å²) in [5.41, 5.74) is 3.39. The molecular weight excluding hydrogens is 428 g/mol. The number of likely N-dealkylation sites (tertiary alicyclic amines) is 1. The predicted molar refractivity (Wildman–Crippen MR) is 135 cm³/mol. The van der Waals surface area contributed by atoms with E-state index in [1.54, 1.807) is 30.2 Å². The number of Topliss-reactive ketones (excluding diaryl/α,β-unsaturated/α-hetero) is 1. The number of rotatable bonds is 7. The van der Waals surface area contributed by atoms with Gasteiger partial charge in [-0.15, -0.1) is 0 Å². The molecule has 0 saturated carbocycles. The monoisotopic (exact) mass is 464 g/mol. The van der Waals surface area contributed by atoms with Crippen molar-refractivity contribution in [2.75, 3.05) is 34.3 Å². The maximum atomic E-state index is 13.2. The lowest BCUT2D eigenvalue weighted by Gasteiger charge is -2.27. The number of carbonyl (C=O) groups is 2. The van der Waals surface area contributed by atoms with Crippen molar-refractivity contribution in [3.63, 3.8) is 0 Å². The average molecular weight is 465 g/mol. The van der Waals surface area contributed by atoms with Crippen LogP contribution in [0.2, 0.25) is 0 Å². The number of methoxy groups -OCH3 is 1. The van der Waals surface area contributed by atoms with E-state index in [2.05, 4.69) is 20.8 Å². The summed E-state index contributed by atoms with van der Waals surface area (Å²) in [4.78, 5) is 29.9. The van der Waals surface area contributed by atoms with Gasteiger partial charge in [0.05, 0.1) is 18.7 Å². The first-order valence-corrected chi connectivity index (χ1v) is 11.6. The third kappa shape index (κ3) is 5.17. The lowest BCUT2D eigenvalue weighted by atomic mass is 9.85. The largest absolute Gasteiger partial charge is 0.507 e. The molecule has 0 unspecified atom stereocenters. The van der Waals surface area contributed by atoms with Crippen LogP contribution in [0.1, 0.15) is 55.5 Å². The van der Waals surface area contributed by atoms with Crippen LogP contribution < -0.4 is 4.74 Å². The molecular formula is C28H36N2O4. The summed E-state index contributed by atoms with van der Waals surface area (Å²) in [7, 11) is 5.54. The van der Waals surface area contributed by atoms with Crippen LogP contribution >= 0.6 is 0 Å². The number of nitrogens with zero attached hydrogens (tertiary/aromatic N) is 2. The van der Waals surface area contributed by atoms with E-state index in [-0.39, 0.29) is 16.7 Å². The van der Waals surface area contributed by atoms with Gasteiger partial charge in [0.25, 0.3) is 11.7 Å². The summed E-state index contributed by atoms with van der Waals surface area (Å²) < 4.78 is 5.32. The van der Waals surface area contributed by atoms with E-state index in [1.807, 2.05) is 50.2 Å². The molecule has 1 heterocycles. The van der Waals surface area contributed by atoms with Crippen molar-refractivity contribution in [1.29, 1.82) is 0 Å². The molecule has 1 amide bonds. The molecule has 34 heavy (non-hydrogen) atoms.